The lowest BCUT2D eigenvalue weighted by Crippen LogP contribution is -2.46. The number of ether oxygens (including phenoxy) is 2. The predicted octanol–water partition coefficient (Wildman–Crippen LogP) is 3.80. The molecule has 0 aliphatic heterocycles. The molecule has 1 aliphatic carbocycles. The summed E-state index contributed by atoms with van der Waals surface area (Å²) in [5.74, 6) is -0.862. The lowest BCUT2D eigenvalue weighted by atomic mass is 9.98. The number of amides is 1. The minimum absolute atomic E-state index is 0.103. The number of rotatable bonds is 6. The van der Waals surface area contributed by atoms with Gasteiger partial charge >= 0.3 is 12.1 Å². The Bertz CT molecular complexity index is 1040. The molecule has 0 fully saturated rings. The summed E-state index contributed by atoms with van der Waals surface area (Å²) in [4.78, 5) is 24.7. The van der Waals surface area contributed by atoms with Gasteiger partial charge in [-0.1, -0.05) is 78.9 Å². The van der Waals surface area contributed by atoms with Crippen LogP contribution in [0.5, 0.6) is 0 Å². The number of carbonyl (C=O) groups is 2. The Labute approximate surface area is 180 Å². The van der Waals surface area contributed by atoms with E-state index in [9.17, 15) is 14.7 Å². The van der Waals surface area contributed by atoms with Crippen molar-refractivity contribution in [1.29, 1.82) is 0 Å². The Kier molecular flexibility index (Phi) is 6.00. The minimum atomic E-state index is -1.29. The Morgan fingerprint density at radius 3 is 2.03 bits per heavy atom. The molecule has 31 heavy (non-hydrogen) atoms. The Morgan fingerprint density at radius 1 is 0.903 bits per heavy atom. The van der Waals surface area contributed by atoms with E-state index in [4.69, 9.17) is 9.47 Å². The van der Waals surface area contributed by atoms with E-state index in [2.05, 4.69) is 17.4 Å². The Hall–Kier alpha value is -3.64. The molecule has 0 heterocycles. The molecule has 0 radical (unpaired) electrons. The van der Waals surface area contributed by atoms with Crippen molar-refractivity contribution in [2.24, 2.45) is 0 Å². The van der Waals surface area contributed by atoms with Gasteiger partial charge < -0.3 is 19.9 Å². The summed E-state index contributed by atoms with van der Waals surface area (Å²) < 4.78 is 10.2. The summed E-state index contributed by atoms with van der Waals surface area (Å²) in [6.07, 6.45) is -2.07. The number of methoxy groups -OCH3 is 1. The molecule has 0 unspecified atom stereocenters. The zero-order valence-corrected chi connectivity index (χ0v) is 17.0. The highest BCUT2D eigenvalue weighted by atomic mass is 16.6. The molecule has 0 saturated carbocycles. The summed E-state index contributed by atoms with van der Waals surface area (Å²) in [6, 6.07) is 23.4. The van der Waals surface area contributed by atoms with Gasteiger partial charge in [0.1, 0.15) is 12.7 Å². The first kappa shape index (κ1) is 20.6. The molecule has 6 heteroatoms. The molecule has 0 saturated heterocycles. The van der Waals surface area contributed by atoms with Crippen molar-refractivity contribution in [3.8, 4) is 11.1 Å². The van der Waals surface area contributed by atoms with Gasteiger partial charge in [-0.3, -0.25) is 0 Å². The van der Waals surface area contributed by atoms with Crippen molar-refractivity contribution in [3.05, 3.63) is 95.6 Å². The number of benzene rings is 3. The fourth-order valence-electron chi connectivity index (χ4n) is 4.00. The summed E-state index contributed by atoms with van der Waals surface area (Å²) >= 11 is 0. The number of hydrogen-bond acceptors (Lipinski definition) is 5. The third-order valence-electron chi connectivity index (χ3n) is 5.53. The van der Waals surface area contributed by atoms with Crippen LogP contribution in [0.1, 0.15) is 28.7 Å². The van der Waals surface area contributed by atoms with Crippen molar-refractivity contribution in [1.82, 2.24) is 5.32 Å². The van der Waals surface area contributed by atoms with Crippen LogP contribution >= 0.6 is 0 Å². The highest BCUT2D eigenvalue weighted by molar-refractivity contribution is 5.82. The largest absolute Gasteiger partial charge is 0.467 e. The Balaban J connectivity index is 1.47. The van der Waals surface area contributed by atoms with Gasteiger partial charge in [-0.2, -0.15) is 0 Å². The average molecular weight is 417 g/mol. The van der Waals surface area contributed by atoms with Gasteiger partial charge in [0.15, 0.2) is 6.04 Å². The van der Waals surface area contributed by atoms with Crippen molar-refractivity contribution in [2.45, 2.75) is 18.1 Å². The summed E-state index contributed by atoms with van der Waals surface area (Å²) in [5.41, 5.74) is 4.91. The van der Waals surface area contributed by atoms with Crippen LogP contribution in [0, 0.1) is 0 Å². The number of carbonyl (C=O) groups excluding carboxylic acids is 2. The van der Waals surface area contributed by atoms with Crippen molar-refractivity contribution in [3.63, 3.8) is 0 Å². The number of alkyl carbamates (subject to hydrolysis) is 1. The second-order valence-electron chi connectivity index (χ2n) is 7.33. The first-order valence-electron chi connectivity index (χ1n) is 10.0. The summed E-state index contributed by atoms with van der Waals surface area (Å²) in [7, 11) is 1.20. The maximum atomic E-state index is 12.5. The van der Waals surface area contributed by atoms with Gasteiger partial charge in [-0.25, -0.2) is 9.59 Å². The summed E-state index contributed by atoms with van der Waals surface area (Å²) in [6.45, 7) is 0.106. The van der Waals surface area contributed by atoms with Gasteiger partial charge in [-0.05, 0) is 27.8 Å². The monoisotopic (exact) mass is 417 g/mol. The molecule has 1 amide bonds. The van der Waals surface area contributed by atoms with Crippen LogP contribution in [-0.4, -0.2) is 36.9 Å². The molecular formula is C25H23NO5. The van der Waals surface area contributed by atoms with Gasteiger partial charge in [0.05, 0.1) is 7.11 Å². The number of aliphatic hydroxyl groups is 1. The van der Waals surface area contributed by atoms with Crippen molar-refractivity contribution < 1.29 is 24.2 Å². The third-order valence-corrected chi connectivity index (χ3v) is 5.53. The predicted molar refractivity (Wildman–Crippen MR) is 115 cm³/mol. The molecular weight excluding hydrogens is 394 g/mol. The molecule has 3 aromatic carbocycles. The van der Waals surface area contributed by atoms with Gasteiger partial charge in [0.2, 0.25) is 0 Å². The van der Waals surface area contributed by atoms with E-state index < -0.39 is 24.2 Å². The maximum Gasteiger partial charge on any atom is 0.407 e. The minimum Gasteiger partial charge on any atom is -0.467 e. The molecule has 2 N–H and O–H groups in total. The lowest BCUT2D eigenvalue weighted by Gasteiger charge is -2.22. The second kappa shape index (κ2) is 9.02. The third kappa shape index (κ3) is 4.15. The van der Waals surface area contributed by atoms with Gasteiger partial charge in [-0.15, -0.1) is 0 Å². The van der Waals surface area contributed by atoms with E-state index in [1.165, 1.54) is 7.11 Å². The molecule has 1 aliphatic rings. The van der Waals surface area contributed by atoms with Crippen molar-refractivity contribution in [2.75, 3.05) is 13.7 Å². The number of hydrogen-bond donors (Lipinski definition) is 2. The lowest BCUT2D eigenvalue weighted by molar-refractivity contribution is -0.146. The van der Waals surface area contributed by atoms with Gasteiger partial charge in [0, 0.05) is 5.92 Å². The van der Waals surface area contributed by atoms with Gasteiger partial charge in [0.25, 0.3) is 0 Å². The van der Waals surface area contributed by atoms with Crippen LogP contribution < -0.4 is 5.32 Å². The standard InChI is InChI=1S/C25H23NO5/c1-30-24(28)22(23(27)16-9-3-2-4-10-16)26-25(29)31-15-21-19-13-7-5-11-17(19)18-12-6-8-14-20(18)21/h2-14,21-23,27H,15H2,1H3,(H,26,29)/t22-,23+/m1/s1. The molecule has 2 atom stereocenters. The zero-order valence-electron chi connectivity index (χ0n) is 17.0. The smallest absolute Gasteiger partial charge is 0.407 e. The molecule has 0 aromatic heterocycles. The first-order valence-corrected chi connectivity index (χ1v) is 10.0. The van der Waals surface area contributed by atoms with Crippen LogP contribution in [0.2, 0.25) is 0 Å². The van der Waals surface area contributed by atoms with Crippen LogP contribution in [0.4, 0.5) is 4.79 Å². The first-order chi connectivity index (χ1) is 15.1. The normalized spacial score (nSPS) is 14.1. The number of nitrogens with one attached hydrogen (secondary N) is 1. The van der Waals surface area contributed by atoms with E-state index in [1.807, 2.05) is 36.4 Å². The molecule has 6 nitrogen and oxygen atoms in total. The topological polar surface area (TPSA) is 84.9 Å². The van der Waals surface area contributed by atoms with E-state index >= 15 is 0 Å². The van der Waals surface area contributed by atoms with E-state index in [1.54, 1.807) is 30.3 Å². The maximum absolute atomic E-state index is 12.5. The van der Waals surface area contributed by atoms with E-state index in [-0.39, 0.29) is 12.5 Å². The van der Waals surface area contributed by atoms with E-state index in [0.29, 0.717) is 5.56 Å². The SMILES string of the molecule is COC(=O)[C@H](NC(=O)OCC1c2ccccc2-c2ccccc21)[C@@H](O)c1ccccc1. The molecule has 0 spiro atoms. The molecule has 158 valence electrons. The zero-order chi connectivity index (χ0) is 21.8. The number of esters is 1. The van der Waals surface area contributed by atoms with Crippen LogP contribution in [-0.2, 0) is 14.3 Å². The molecule has 0 bridgehead atoms. The Morgan fingerprint density at radius 2 is 1.45 bits per heavy atom. The van der Waals surface area contributed by atoms with Crippen LogP contribution in [0.25, 0.3) is 11.1 Å². The van der Waals surface area contributed by atoms with Crippen LogP contribution in [0.3, 0.4) is 0 Å². The van der Waals surface area contributed by atoms with Crippen LogP contribution in [0.15, 0.2) is 78.9 Å². The van der Waals surface area contributed by atoms with Crippen molar-refractivity contribution >= 4 is 12.1 Å². The number of fused-ring (bicyclic) bond motifs is 3. The fraction of sp³-hybridized carbons (Fsp3) is 0.200. The molecule has 3 aromatic rings. The fourth-order valence-corrected chi connectivity index (χ4v) is 4.00. The van der Waals surface area contributed by atoms with E-state index in [0.717, 1.165) is 22.3 Å². The highest BCUT2D eigenvalue weighted by Crippen LogP contribution is 2.44. The highest BCUT2D eigenvalue weighted by Gasteiger charge is 2.33. The average Bonchev–Trinajstić information content (AvgIpc) is 3.14. The second-order valence-corrected chi connectivity index (χ2v) is 7.33. The quantitative estimate of drug-likeness (QED) is 0.596. The number of aliphatic hydroxyl groups excluding tert-OH is 1. The summed E-state index contributed by atoms with van der Waals surface area (Å²) in [5, 5.41) is 13.1. The molecule has 4 rings (SSSR count).